The van der Waals surface area contributed by atoms with Crippen molar-refractivity contribution in [3.05, 3.63) is 11.9 Å². The molecule has 1 amide bonds. The van der Waals surface area contributed by atoms with Crippen molar-refractivity contribution in [2.24, 2.45) is 13.0 Å². The Bertz CT molecular complexity index is 362. The van der Waals surface area contributed by atoms with Crippen LogP contribution in [0.5, 0.6) is 0 Å². The number of carbonyl (C=O) groups is 1. The molecule has 1 aromatic rings. The fourth-order valence-corrected chi connectivity index (χ4v) is 1.36. The highest BCUT2D eigenvalue weighted by Gasteiger charge is 2.14. The van der Waals surface area contributed by atoms with Gasteiger partial charge in [-0.3, -0.25) is 9.48 Å². The predicted octanol–water partition coefficient (Wildman–Crippen LogP) is -0.249. The Labute approximate surface area is 94.4 Å². The minimum atomic E-state index is -0.275. The molecular formula is C10H18N4O2. The summed E-state index contributed by atoms with van der Waals surface area (Å²) in [6.07, 6.45) is 2.25. The predicted molar refractivity (Wildman–Crippen MR) is 60.8 cm³/mol. The van der Waals surface area contributed by atoms with E-state index in [9.17, 15) is 4.79 Å². The third-order valence-electron chi connectivity index (χ3n) is 2.31. The Balaban J connectivity index is 2.50. The number of aromatic nitrogens is 2. The first kappa shape index (κ1) is 12.5. The van der Waals surface area contributed by atoms with Gasteiger partial charge in [-0.1, -0.05) is 6.92 Å². The number of carbonyl (C=O) groups excluding carboxylic acids is 1. The number of nitrogens with zero attached hydrogens (tertiary/aromatic N) is 2. The Morgan fingerprint density at radius 1 is 1.75 bits per heavy atom. The summed E-state index contributed by atoms with van der Waals surface area (Å²) >= 11 is 0. The average molecular weight is 226 g/mol. The van der Waals surface area contributed by atoms with E-state index in [4.69, 9.17) is 10.8 Å². The molecule has 0 aliphatic rings. The van der Waals surface area contributed by atoms with Crippen LogP contribution in [0.4, 0.5) is 5.69 Å². The van der Waals surface area contributed by atoms with Crippen molar-refractivity contribution in [3.63, 3.8) is 0 Å². The summed E-state index contributed by atoms with van der Waals surface area (Å²) < 4.78 is 1.50. The van der Waals surface area contributed by atoms with E-state index in [2.05, 4.69) is 10.4 Å². The Morgan fingerprint density at radius 3 is 2.94 bits per heavy atom. The van der Waals surface area contributed by atoms with Gasteiger partial charge in [-0.2, -0.15) is 5.10 Å². The molecule has 0 spiro atoms. The van der Waals surface area contributed by atoms with Gasteiger partial charge in [-0.15, -0.1) is 0 Å². The number of aliphatic hydroxyl groups is 1. The zero-order chi connectivity index (χ0) is 12.1. The van der Waals surface area contributed by atoms with E-state index in [1.807, 2.05) is 6.92 Å². The Kier molecular flexibility index (Phi) is 4.30. The van der Waals surface area contributed by atoms with E-state index in [-0.39, 0.29) is 24.1 Å². The summed E-state index contributed by atoms with van der Waals surface area (Å²) in [7, 11) is 1.71. The summed E-state index contributed by atoms with van der Waals surface area (Å²) in [5.74, 6) is -0.0400. The summed E-state index contributed by atoms with van der Waals surface area (Å²) in [6, 6.07) is 0. The second kappa shape index (κ2) is 5.50. The lowest BCUT2D eigenvalue weighted by Gasteiger charge is -2.10. The first-order valence-electron chi connectivity index (χ1n) is 5.22. The van der Waals surface area contributed by atoms with Crippen molar-refractivity contribution in [1.82, 2.24) is 15.1 Å². The highest BCUT2D eigenvalue weighted by Crippen LogP contribution is 2.08. The van der Waals surface area contributed by atoms with E-state index < -0.39 is 0 Å². The molecule has 6 heteroatoms. The van der Waals surface area contributed by atoms with Crippen LogP contribution in [0.3, 0.4) is 0 Å². The SMILES string of the molecule is CC(CCO)CNC(=O)c1nn(C)cc1N. The van der Waals surface area contributed by atoms with Crippen molar-refractivity contribution in [1.29, 1.82) is 0 Å². The van der Waals surface area contributed by atoms with E-state index in [1.54, 1.807) is 13.2 Å². The molecule has 0 aliphatic carbocycles. The van der Waals surface area contributed by atoms with Gasteiger partial charge in [0.25, 0.3) is 5.91 Å². The molecule has 16 heavy (non-hydrogen) atoms. The van der Waals surface area contributed by atoms with Crippen LogP contribution >= 0.6 is 0 Å². The number of anilines is 1. The number of amides is 1. The standard InChI is InChI=1S/C10H18N4O2/c1-7(3-4-15)5-12-10(16)9-8(11)6-14(2)13-9/h6-7,15H,3-5,11H2,1-2H3,(H,12,16). The average Bonchev–Trinajstić information content (AvgIpc) is 2.55. The molecule has 0 saturated carbocycles. The summed E-state index contributed by atoms with van der Waals surface area (Å²) in [6.45, 7) is 2.59. The molecule has 0 aromatic carbocycles. The van der Waals surface area contributed by atoms with Gasteiger partial charge >= 0.3 is 0 Å². The summed E-state index contributed by atoms with van der Waals surface area (Å²) in [5.41, 5.74) is 6.24. The summed E-state index contributed by atoms with van der Waals surface area (Å²) in [4.78, 5) is 11.7. The topological polar surface area (TPSA) is 93.2 Å². The van der Waals surface area contributed by atoms with Gasteiger partial charge in [0, 0.05) is 26.4 Å². The molecule has 0 saturated heterocycles. The van der Waals surface area contributed by atoms with Gasteiger partial charge in [-0.25, -0.2) is 0 Å². The van der Waals surface area contributed by atoms with Crippen LogP contribution in [0, 0.1) is 5.92 Å². The number of rotatable bonds is 5. The first-order chi connectivity index (χ1) is 7.54. The van der Waals surface area contributed by atoms with Gasteiger partial charge in [-0.05, 0) is 12.3 Å². The number of nitrogens with one attached hydrogen (secondary N) is 1. The molecule has 0 fully saturated rings. The Hall–Kier alpha value is -1.56. The van der Waals surface area contributed by atoms with E-state index in [0.29, 0.717) is 18.7 Å². The fraction of sp³-hybridized carbons (Fsp3) is 0.600. The number of aryl methyl sites for hydroxylation is 1. The van der Waals surface area contributed by atoms with Crippen LogP contribution in [0.15, 0.2) is 6.20 Å². The minimum Gasteiger partial charge on any atom is -0.396 e. The highest BCUT2D eigenvalue weighted by atomic mass is 16.3. The van der Waals surface area contributed by atoms with Crippen LogP contribution in [0.1, 0.15) is 23.8 Å². The third-order valence-corrected chi connectivity index (χ3v) is 2.31. The van der Waals surface area contributed by atoms with E-state index >= 15 is 0 Å². The van der Waals surface area contributed by atoms with Crippen molar-refractivity contribution in [3.8, 4) is 0 Å². The van der Waals surface area contributed by atoms with Crippen molar-refractivity contribution >= 4 is 11.6 Å². The Morgan fingerprint density at radius 2 is 2.44 bits per heavy atom. The molecule has 1 unspecified atom stereocenters. The van der Waals surface area contributed by atoms with Gasteiger partial charge in [0.1, 0.15) is 0 Å². The molecular weight excluding hydrogens is 208 g/mol. The molecule has 0 radical (unpaired) electrons. The number of hydrogen-bond acceptors (Lipinski definition) is 4. The lowest BCUT2D eigenvalue weighted by Crippen LogP contribution is -2.29. The normalized spacial score (nSPS) is 12.4. The van der Waals surface area contributed by atoms with Gasteiger partial charge in [0.15, 0.2) is 5.69 Å². The number of nitrogen functional groups attached to an aromatic ring is 1. The molecule has 90 valence electrons. The van der Waals surface area contributed by atoms with Gasteiger partial charge in [0.2, 0.25) is 0 Å². The number of nitrogens with two attached hydrogens (primary N) is 1. The van der Waals surface area contributed by atoms with Crippen LogP contribution in [0.25, 0.3) is 0 Å². The molecule has 0 aliphatic heterocycles. The molecule has 1 heterocycles. The van der Waals surface area contributed by atoms with Crippen LogP contribution in [-0.4, -0.2) is 33.9 Å². The van der Waals surface area contributed by atoms with Crippen LogP contribution in [-0.2, 0) is 7.05 Å². The van der Waals surface area contributed by atoms with Crippen LogP contribution in [0.2, 0.25) is 0 Å². The van der Waals surface area contributed by atoms with E-state index in [1.165, 1.54) is 4.68 Å². The minimum absolute atomic E-state index is 0.128. The fourth-order valence-electron chi connectivity index (χ4n) is 1.36. The van der Waals surface area contributed by atoms with Gasteiger partial charge in [0.05, 0.1) is 5.69 Å². The molecule has 1 atom stereocenters. The van der Waals surface area contributed by atoms with Crippen molar-refractivity contribution in [2.45, 2.75) is 13.3 Å². The molecule has 0 bridgehead atoms. The maximum Gasteiger partial charge on any atom is 0.273 e. The third kappa shape index (κ3) is 3.23. The molecule has 4 N–H and O–H groups in total. The largest absolute Gasteiger partial charge is 0.396 e. The summed E-state index contributed by atoms with van der Waals surface area (Å²) in [5, 5.41) is 15.4. The second-order valence-corrected chi connectivity index (χ2v) is 3.93. The smallest absolute Gasteiger partial charge is 0.273 e. The highest BCUT2D eigenvalue weighted by molar-refractivity contribution is 5.96. The quantitative estimate of drug-likeness (QED) is 0.645. The van der Waals surface area contributed by atoms with Crippen LogP contribution < -0.4 is 11.1 Å². The number of aliphatic hydroxyl groups excluding tert-OH is 1. The lowest BCUT2D eigenvalue weighted by atomic mass is 10.1. The van der Waals surface area contributed by atoms with Crippen molar-refractivity contribution < 1.29 is 9.90 Å². The van der Waals surface area contributed by atoms with Crippen molar-refractivity contribution in [2.75, 3.05) is 18.9 Å². The second-order valence-electron chi connectivity index (χ2n) is 3.93. The van der Waals surface area contributed by atoms with Gasteiger partial charge < -0.3 is 16.2 Å². The molecule has 1 rings (SSSR count). The monoisotopic (exact) mass is 226 g/mol. The lowest BCUT2D eigenvalue weighted by molar-refractivity contribution is 0.0940. The zero-order valence-corrected chi connectivity index (χ0v) is 9.60. The van der Waals surface area contributed by atoms with E-state index in [0.717, 1.165) is 0 Å². The maximum absolute atomic E-state index is 11.7. The number of hydrogen-bond donors (Lipinski definition) is 3. The molecule has 6 nitrogen and oxygen atoms in total. The molecule has 1 aromatic heterocycles. The zero-order valence-electron chi connectivity index (χ0n) is 9.60. The maximum atomic E-state index is 11.7. The first-order valence-corrected chi connectivity index (χ1v) is 5.22.